The first-order valence-electron chi connectivity index (χ1n) is 10.1. The van der Waals surface area contributed by atoms with Gasteiger partial charge in [0.05, 0.1) is 26.7 Å². The minimum absolute atomic E-state index is 0.00524. The van der Waals surface area contributed by atoms with Gasteiger partial charge in [-0.05, 0) is 48.5 Å². The fourth-order valence-electron chi connectivity index (χ4n) is 3.02. The van der Waals surface area contributed by atoms with Crippen LogP contribution in [0.25, 0.3) is 0 Å². The van der Waals surface area contributed by atoms with Crippen molar-refractivity contribution in [3.63, 3.8) is 0 Å². The minimum atomic E-state index is -0.637. The molecule has 0 saturated carbocycles. The molecule has 0 fully saturated rings. The van der Waals surface area contributed by atoms with Crippen molar-refractivity contribution in [2.24, 2.45) is 0 Å². The molecule has 0 aliphatic carbocycles. The number of rotatable bonds is 8. The van der Waals surface area contributed by atoms with E-state index < -0.39 is 10.8 Å². The van der Waals surface area contributed by atoms with Gasteiger partial charge < -0.3 is 19.2 Å². The molecule has 4 aromatic rings. The summed E-state index contributed by atoms with van der Waals surface area (Å²) in [7, 11) is 0. The Hall–Kier alpha value is -3.43. The molecule has 0 radical (unpaired) electrons. The summed E-state index contributed by atoms with van der Waals surface area (Å²) in [6, 6.07) is 16.1. The van der Waals surface area contributed by atoms with Gasteiger partial charge in [-0.15, -0.1) is 0 Å². The zero-order valence-corrected chi connectivity index (χ0v) is 21.0. The molecule has 0 saturated heterocycles. The van der Waals surface area contributed by atoms with E-state index in [1.54, 1.807) is 24.3 Å². The quantitative estimate of drug-likeness (QED) is 0.169. The molecule has 184 valence electrons. The average molecular weight is 568 g/mol. The monoisotopic (exact) mass is 566 g/mol. The molecule has 0 atom stereocenters. The number of benzene rings is 3. The predicted molar refractivity (Wildman–Crippen MR) is 137 cm³/mol. The van der Waals surface area contributed by atoms with Crippen molar-refractivity contribution in [3.8, 4) is 17.2 Å². The zero-order chi connectivity index (χ0) is 25.8. The number of nitrogens with one attached hydrogen (secondary N) is 1. The highest BCUT2D eigenvalue weighted by Crippen LogP contribution is 2.35. The van der Waals surface area contributed by atoms with Crippen LogP contribution in [0.2, 0.25) is 20.1 Å². The van der Waals surface area contributed by atoms with Crippen molar-refractivity contribution in [2.75, 3.05) is 5.32 Å². The van der Waals surface area contributed by atoms with Gasteiger partial charge in [-0.3, -0.25) is 14.9 Å². The SMILES string of the molecule is O=C(Nc1cc(Oc2ccc(Cl)cc2Cl)cc([N+](=O)[O-])c1)c1ccc(COc2ccc(Cl)cc2Cl)o1. The van der Waals surface area contributed by atoms with Crippen molar-refractivity contribution in [3.05, 3.63) is 108 Å². The smallest absolute Gasteiger partial charge is 0.291 e. The lowest BCUT2D eigenvalue weighted by Crippen LogP contribution is -2.11. The summed E-state index contributed by atoms with van der Waals surface area (Å²) >= 11 is 24.0. The van der Waals surface area contributed by atoms with Crippen LogP contribution in [0.4, 0.5) is 11.4 Å². The lowest BCUT2D eigenvalue weighted by atomic mass is 10.2. The summed E-state index contributed by atoms with van der Waals surface area (Å²) in [6.07, 6.45) is 0. The van der Waals surface area contributed by atoms with Crippen LogP contribution in [0.15, 0.2) is 71.1 Å². The van der Waals surface area contributed by atoms with Crippen molar-refractivity contribution in [1.82, 2.24) is 0 Å². The van der Waals surface area contributed by atoms with Gasteiger partial charge in [-0.2, -0.15) is 0 Å². The third-order valence-electron chi connectivity index (χ3n) is 4.63. The number of hydrogen-bond acceptors (Lipinski definition) is 6. The van der Waals surface area contributed by atoms with Gasteiger partial charge in [0.2, 0.25) is 0 Å². The number of anilines is 1. The van der Waals surface area contributed by atoms with Gasteiger partial charge in [-0.1, -0.05) is 46.4 Å². The van der Waals surface area contributed by atoms with Crippen LogP contribution in [0.1, 0.15) is 16.3 Å². The van der Waals surface area contributed by atoms with Crippen LogP contribution in [0, 0.1) is 10.1 Å². The maximum Gasteiger partial charge on any atom is 0.291 e. The lowest BCUT2D eigenvalue weighted by Gasteiger charge is -2.10. The minimum Gasteiger partial charge on any atom is -0.484 e. The molecule has 0 aliphatic heterocycles. The molecular formula is C24H14Cl4N2O6. The average Bonchev–Trinajstić information content (AvgIpc) is 3.29. The van der Waals surface area contributed by atoms with Crippen LogP contribution in [0.3, 0.4) is 0 Å². The Morgan fingerprint density at radius 1 is 0.889 bits per heavy atom. The lowest BCUT2D eigenvalue weighted by molar-refractivity contribution is -0.384. The third-order valence-corrected chi connectivity index (χ3v) is 5.69. The maximum absolute atomic E-state index is 12.7. The van der Waals surface area contributed by atoms with Gasteiger partial charge in [0.25, 0.3) is 11.6 Å². The second-order valence-electron chi connectivity index (χ2n) is 7.23. The number of hydrogen-bond donors (Lipinski definition) is 1. The van der Waals surface area contributed by atoms with Crippen molar-refractivity contribution in [1.29, 1.82) is 0 Å². The van der Waals surface area contributed by atoms with Crippen LogP contribution in [-0.2, 0) is 6.61 Å². The Morgan fingerprint density at radius 3 is 2.19 bits per heavy atom. The van der Waals surface area contributed by atoms with Gasteiger partial charge >= 0.3 is 0 Å². The molecule has 0 bridgehead atoms. The molecule has 36 heavy (non-hydrogen) atoms. The van der Waals surface area contributed by atoms with E-state index in [1.807, 2.05) is 0 Å². The first-order chi connectivity index (χ1) is 17.2. The number of amides is 1. The first-order valence-corrected chi connectivity index (χ1v) is 11.6. The molecule has 1 N–H and O–H groups in total. The Bertz CT molecular complexity index is 1460. The topological polar surface area (TPSA) is 104 Å². The Kier molecular flexibility index (Phi) is 7.91. The zero-order valence-electron chi connectivity index (χ0n) is 18.0. The first kappa shape index (κ1) is 25.7. The maximum atomic E-state index is 12.7. The fraction of sp³-hybridized carbons (Fsp3) is 0.0417. The summed E-state index contributed by atoms with van der Waals surface area (Å²) in [4.78, 5) is 23.5. The van der Waals surface area contributed by atoms with Crippen molar-refractivity contribution in [2.45, 2.75) is 6.61 Å². The van der Waals surface area contributed by atoms with Gasteiger partial charge in [0, 0.05) is 22.2 Å². The second-order valence-corrected chi connectivity index (χ2v) is 8.92. The normalized spacial score (nSPS) is 10.7. The van der Waals surface area contributed by atoms with E-state index in [9.17, 15) is 14.9 Å². The summed E-state index contributed by atoms with van der Waals surface area (Å²) in [5.41, 5.74) is -0.197. The number of halogens is 4. The number of carbonyl (C=O) groups excluding carboxylic acids is 1. The Morgan fingerprint density at radius 2 is 1.56 bits per heavy atom. The van der Waals surface area contributed by atoms with E-state index in [4.69, 9.17) is 60.3 Å². The van der Waals surface area contributed by atoms with Crippen molar-refractivity contribution < 1.29 is 23.6 Å². The van der Waals surface area contributed by atoms with Gasteiger partial charge in [0.1, 0.15) is 29.6 Å². The summed E-state index contributed by atoms with van der Waals surface area (Å²) in [5, 5.41) is 15.4. The molecule has 0 spiro atoms. The van der Waals surface area contributed by atoms with E-state index in [1.165, 1.54) is 42.5 Å². The standard InChI is InChI=1S/C24H14Cl4N2O6/c25-13-1-4-21(19(27)7-13)34-12-17-3-6-23(35-17)24(31)29-15-9-16(30(32)33)11-18(10-15)36-22-5-2-14(26)8-20(22)28/h1-11H,12H2,(H,29,31). The molecule has 4 rings (SSSR count). The highest BCUT2D eigenvalue weighted by molar-refractivity contribution is 6.36. The molecule has 0 unspecified atom stereocenters. The third kappa shape index (κ3) is 6.41. The molecule has 1 amide bonds. The molecule has 1 aromatic heterocycles. The summed E-state index contributed by atoms with van der Waals surface area (Å²) in [6.45, 7) is 0.00524. The highest BCUT2D eigenvalue weighted by atomic mass is 35.5. The number of carbonyl (C=O) groups is 1. The number of nitro groups is 1. The molecule has 0 aliphatic rings. The number of non-ortho nitro benzene ring substituents is 1. The predicted octanol–water partition coefficient (Wildman–Crippen LogP) is 8.43. The molecule has 3 aromatic carbocycles. The van der Waals surface area contributed by atoms with Crippen molar-refractivity contribution >= 4 is 63.7 Å². The number of nitrogens with zero attached hydrogens (tertiary/aromatic N) is 1. The molecule has 8 nitrogen and oxygen atoms in total. The number of furan rings is 1. The molecule has 12 heteroatoms. The van der Waals surface area contributed by atoms with E-state index in [0.29, 0.717) is 26.6 Å². The van der Waals surface area contributed by atoms with E-state index in [-0.39, 0.29) is 40.3 Å². The van der Waals surface area contributed by atoms with Gasteiger partial charge in [-0.25, -0.2) is 0 Å². The van der Waals surface area contributed by atoms with E-state index >= 15 is 0 Å². The molecule has 1 heterocycles. The number of nitro benzene ring substituents is 1. The summed E-state index contributed by atoms with van der Waals surface area (Å²) in [5.74, 6) is 0.389. The van der Waals surface area contributed by atoms with E-state index in [2.05, 4.69) is 5.32 Å². The number of ether oxygens (including phenoxy) is 2. The van der Waals surface area contributed by atoms with Gasteiger partial charge in [0.15, 0.2) is 5.76 Å². The highest BCUT2D eigenvalue weighted by Gasteiger charge is 2.17. The Labute approximate surface area is 224 Å². The largest absolute Gasteiger partial charge is 0.484 e. The van der Waals surface area contributed by atoms with Crippen LogP contribution >= 0.6 is 46.4 Å². The second kappa shape index (κ2) is 11.1. The van der Waals surface area contributed by atoms with E-state index in [0.717, 1.165) is 0 Å². The fourth-order valence-corrected chi connectivity index (χ4v) is 3.93. The molecular weight excluding hydrogens is 554 g/mol. The van der Waals surface area contributed by atoms with Crippen LogP contribution in [-0.4, -0.2) is 10.8 Å². The Balaban J connectivity index is 1.48. The van der Waals surface area contributed by atoms with Crippen LogP contribution in [0.5, 0.6) is 17.2 Å². The summed E-state index contributed by atoms with van der Waals surface area (Å²) < 4.78 is 16.8. The van der Waals surface area contributed by atoms with Crippen LogP contribution < -0.4 is 14.8 Å².